The molecule has 2 radical (unpaired) electrons. The molecule has 0 amide bonds. The van der Waals surface area contributed by atoms with E-state index in [0.717, 1.165) is 11.8 Å². The lowest BCUT2D eigenvalue weighted by Crippen LogP contribution is -2.06. The summed E-state index contributed by atoms with van der Waals surface area (Å²) in [4.78, 5) is 0. The van der Waals surface area contributed by atoms with E-state index in [-0.39, 0.29) is 0 Å². The molecule has 1 heteroatoms. The molecule has 0 bridgehead atoms. The van der Waals surface area contributed by atoms with Gasteiger partial charge in [0, 0.05) is 0 Å². The molecule has 86 valence electrons. The molecule has 0 aliphatic heterocycles. The van der Waals surface area contributed by atoms with Crippen LogP contribution in [0.3, 0.4) is 0 Å². The Morgan fingerprint density at radius 3 is 2.47 bits per heavy atom. The molecule has 3 atom stereocenters. The minimum Gasteiger partial charge on any atom is -0.0771 e. The van der Waals surface area contributed by atoms with Gasteiger partial charge in [-0.3, -0.25) is 0 Å². The molecule has 0 aromatic heterocycles. The second-order valence-corrected chi connectivity index (χ2v) is 5.59. The summed E-state index contributed by atoms with van der Waals surface area (Å²) in [5, 5.41) is 0. The van der Waals surface area contributed by atoms with E-state index in [1.807, 2.05) is 0 Å². The van der Waals surface area contributed by atoms with E-state index >= 15 is 0 Å². The van der Waals surface area contributed by atoms with Crippen LogP contribution >= 0.6 is 0 Å². The molecular formula is C14H27B. The first-order valence-electron chi connectivity index (χ1n) is 6.98. The summed E-state index contributed by atoms with van der Waals surface area (Å²) >= 11 is 0. The third kappa shape index (κ3) is 5.63. The van der Waals surface area contributed by atoms with Gasteiger partial charge in [-0.25, -0.2) is 0 Å². The van der Waals surface area contributed by atoms with Gasteiger partial charge in [-0.05, 0) is 11.8 Å². The van der Waals surface area contributed by atoms with E-state index in [1.165, 1.54) is 57.8 Å². The Labute approximate surface area is 97.6 Å². The molecule has 0 aromatic rings. The van der Waals surface area contributed by atoms with Crippen LogP contribution in [0.4, 0.5) is 0 Å². The van der Waals surface area contributed by atoms with Crippen molar-refractivity contribution in [2.45, 2.75) is 77.5 Å². The zero-order valence-electron chi connectivity index (χ0n) is 10.7. The van der Waals surface area contributed by atoms with E-state index in [1.54, 1.807) is 0 Å². The number of rotatable bonds is 1. The Balaban J connectivity index is 2.40. The maximum Gasteiger partial charge on any atom is 0.0699 e. The Kier molecular flexibility index (Phi) is 6.44. The van der Waals surface area contributed by atoms with E-state index in [4.69, 9.17) is 7.85 Å². The third-order valence-corrected chi connectivity index (χ3v) is 4.05. The Bertz CT molecular complexity index is 155. The van der Waals surface area contributed by atoms with Crippen LogP contribution in [0.5, 0.6) is 0 Å². The fraction of sp³-hybridized carbons (Fsp3) is 1.00. The smallest absolute Gasteiger partial charge is 0.0699 e. The Morgan fingerprint density at radius 1 is 1.00 bits per heavy atom. The highest BCUT2D eigenvalue weighted by Crippen LogP contribution is 2.30. The standard InChI is InChI=1S/C14H27B/c1-3-13-10-9-12(2)7-5-4-6-8-14(15)11-13/h12-14H,3-11H2,1-2H3. The Hall–Kier alpha value is 0.0649. The molecule has 0 spiro atoms. The van der Waals surface area contributed by atoms with Gasteiger partial charge < -0.3 is 0 Å². The highest BCUT2D eigenvalue weighted by molar-refractivity contribution is 6.11. The van der Waals surface area contributed by atoms with Crippen molar-refractivity contribution in [3.8, 4) is 0 Å². The molecule has 1 rings (SSSR count). The van der Waals surface area contributed by atoms with Crippen molar-refractivity contribution in [3.05, 3.63) is 0 Å². The van der Waals surface area contributed by atoms with Crippen LogP contribution in [0.15, 0.2) is 0 Å². The van der Waals surface area contributed by atoms with Crippen molar-refractivity contribution in [1.29, 1.82) is 0 Å². The Morgan fingerprint density at radius 2 is 1.73 bits per heavy atom. The lowest BCUT2D eigenvalue weighted by atomic mass is 9.75. The van der Waals surface area contributed by atoms with Crippen molar-refractivity contribution < 1.29 is 0 Å². The molecule has 0 aromatic carbocycles. The zero-order valence-corrected chi connectivity index (χ0v) is 10.7. The molecule has 1 saturated carbocycles. The summed E-state index contributed by atoms with van der Waals surface area (Å²) in [5.74, 6) is 2.30. The topological polar surface area (TPSA) is 0 Å². The van der Waals surface area contributed by atoms with Crippen LogP contribution in [-0.4, -0.2) is 7.85 Å². The maximum absolute atomic E-state index is 6.18. The molecule has 0 saturated heterocycles. The molecular weight excluding hydrogens is 179 g/mol. The largest absolute Gasteiger partial charge is 0.0771 e. The van der Waals surface area contributed by atoms with Crippen LogP contribution in [0.1, 0.15) is 71.6 Å². The van der Waals surface area contributed by atoms with Gasteiger partial charge in [0.05, 0.1) is 7.85 Å². The molecule has 0 heterocycles. The van der Waals surface area contributed by atoms with Gasteiger partial charge in [-0.15, -0.1) is 0 Å². The normalized spacial score (nSPS) is 35.7. The minimum absolute atomic E-state index is 0.475. The van der Waals surface area contributed by atoms with E-state index in [2.05, 4.69) is 13.8 Å². The summed E-state index contributed by atoms with van der Waals surface area (Å²) < 4.78 is 0. The van der Waals surface area contributed by atoms with Crippen LogP contribution in [0.25, 0.3) is 0 Å². The van der Waals surface area contributed by atoms with Gasteiger partial charge in [-0.1, -0.05) is 77.5 Å². The fourth-order valence-electron chi connectivity index (χ4n) is 2.78. The van der Waals surface area contributed by atoms with E-state index in [9.17, 15) is 0 Å². The predicted octanol–water partition coefficient (Wildman–Crippen LogP) is 4.74. The first-order chi connectivity index (χ1) is 7.22. The molecule has 0 N–H and O–H groups in total. The zero-order chi connectivity index (χ0) is 11.1. The molecule has 3 unspecified atom stereocenters. The summed E-state index contributed by atoms with van der Waals surface area (Å²) in [6.45, 7) is 4.74. The van der Waals surface area contributed by atoms with E-state index in [0.29, 0.717) is 5.82 Å². The molecule has 1 fully saturated rings. The number of hydrogen-bond acceptors (Lipinski definition) is 0. The highest BCUT2D eigenvalue weighted by atomic mass is 14.2. The minimum atomic E-state index is 0.475. The summed E-state index contributed by atoms with van der Waals surface area (Å²) in [7, 11) is 6.18. The van der Waals surface area contributed by atoms with Gasteiger partial charge in [0.2, 0.25) is 0 Å². The van der Waals surface area contributed by atoms with E-state index < -0.39 is 0 Å². The fourth-order valence-corrected chi connectivity index (χ4v) is 2.78. The van der Waals surface area contributed by atoms with Gasteiger partial charge in [-0.2, -0.15) is 0 Å². The summed E-state index contributed by atoms with van der Waals surface area (Å²) in [5.41, 5.74) is 0. The number of hydrogen-bond donors (Lipinski definition) is 0. The SMILES string of the molecule is [B]C1CCCCCC(C)CCC(CC)C1. The summed E-state index contributed by atoms with van der Waals surface area (Å²) in [6.07, 6.45) is 12.3. The van der Waals surface area contributed by atoms with Gasteiger partial charge in [0.15, 0.2) is 0 Å². The lowest BCUT2D eigenvalue weighted by Gasteiger charge is -2.20. The van der Waals surface area contributed by atoms with Crippen molar-refractivity contribution >= 4 is 7.85 Å². The van der Waals surface area contributed by atoms with Crippen LogP contribution in [0.2, 0.25) is 5.82 Å². The van der Waals surface area contributed by atoms with Crippen molar-refractivity contribution in [3.63, 3.8) is 0 Å². The van der Waals surface area contributed by atoms with Crippen LogP contribution < -0.4 is 0 Å². The van der Waals surface area contributed by atoms with Crippen molar-refractivity contribution in [2.24, 2.45) is 11.8 Å². The lowest BCUT2D eigenvalue weighted by molar-refractivity contribution is 0.365. The van der Waals surface area contributed by atoms with Crippen LogP contribution in [-0.2, 0) is 0 Å². The summed E-state index contributed by atoms with van der Waals surface area (Å²) in [6, 6.07) is 0. The first kappa shape index (κ1) is 13.1. The van der Waals surface area contributed by atoms with Gasteiger partial charge in [0.25, 0.3) is 0 Å². The predicted molar refractivity (Wildman–Crippen MR) is 69.4 cm³/mol. The van der Waals surface area contributed by atoms with Crippen molar-refractivity contribution in [1.82, 2.24) is 0 Å². The molecule has 0 nitrogen and oxygen atoms in total. The maximum atomic E-state index is 6.18. The highest BCUT2D eigenvalue weighted by Gasteiger charge is 2.14. The van der Waals surface area contributed by atoms with Gasteiger partial charge >= 0.3 is 0 Å². The second-order valence-electron chi connectivity index (χ2n) is 5.59. The molecule has 15 heavy (non-hydrogen) atoms. The van der Waals surface area contributed by atoms with Gasteiger partial charge in [0.1, 0.15) is 0 Å². The van der Waals surface area contributed by atoms with Crippen LogP contribution in [0, 0.1) is 11.8 Å². The average Bonchev–Trinajstić information content (AvgIpc) is 2.25. The quantitative estimate of drug-likeness (QED) is 0.543. The molecule has 1 aliphatic carbocycles. The third-order valence-electron chi connectivity index (χ3n) is 4.05. The monoisotopic (exact) mass is 206 g/mol. The average molecular weight is 206 g/mol. The second kappa shape index (κ2) is 7.36. The van der Waals surface area contributed by atoms with Crippen molar-refractivity contribution in [2.75, 3.05) is 0 Å². The molecule has 1 aliphatic rings. The first-order valence-corrected chi connectivity index (χ1v) is 6.98.